The lowest BCUT2D eigenvalue weighted by Gasteiger charge is -2.41. The molecule has 0 spiro atoms. The van der Waals surface area contributed by atoms with Crippen LogP contribution in [0.5, 0.6) is 0 Å². The van der Waals surface area contributed by atoms with Gasteiger partial charge in [0.1, 0.15) is 0 Å². The van der Waals surface area contributed by atoms with Gasteiger partial charge in [-0.25, -0.2) is 0 Å². The average molecular weight is 279 g/mol. The average Bonchev–Trinajstić information content (AvgIpc) is 3.10. The Hall–Kier alpha value is -0.610. The quantitative estimate of drug-likeness (QED) is 0.822. The zero-order valence-corrected chi connectivity index (χ0v) is 12.9. The molecule has 3 fully saturated rings. The van der Waals surface area contributed by atoms with E-state index in [0.717, 1.165) is 25.2 Å². The van der Waals surface area contributed by atoms with Gasteiger partial charge < -0.3 is 11.1 Å². The number of carbonyl (C=O) groups is 1. The Balaban J connectivity index is 1.68. The first-order valence-corrected chi connectivity index (χ1v) is 8.33. The molecule has 1 saturated heterocycles. The van der Waals surface area contributed by atoms with Crippen molar-refractivity contribution in [2.75, 3.05) is 6.54 Å². The Morgan fingerprint density at radius 2 is 1.95 bits per heavy atom. The van der Waals surface area contributed by atoms with Crippen molar-refractivity contribution in [2.45, 2.75) is 82.5 Å². The summed E-state index contributed by atoms with van der Waals surface area (Å²) in [6.07, 6.45) is 7.98. The Morgan fingerprint density at radius 1 is 1.20 bits per heavy atom. The Morgan fingerprint density at radius 3 is 2.60 bits per heavy atom. The fourth-order valence-corrected chi connectivity index (χ4v) is 4.18. The first-order chi connectivity index (χ1) is 9.50. The molecule has 3 rings (SSSR count). The third-order valence-corrected chi connectivity index (χ3v) is 5.65. The Labute approximate surface area is 122 Å². The van der Waals surface area contributed by atoms with Crippen molar-refractivity contribution in [1.82, 2.24) is 10.2 Å². The maximum absolute atomic E-state index is 12.0. The van der Waals surface area contributed by atoms with Gasteiger partial charge in [-0.3, -0.25) is 9.69 Å². The van der Waals surface area contributed by atoms with Gasteiger partial charge in [0.05, 0.1) is 5.54 Å². The molecule has 4 unspecified atom stereocenters. The molecule has 114 valence electrons. The zero-order valence-electron chi connectivity index (χ0n) is 12.9. The maximum atomic E-state index is 12.0. The maximum Gasteiger partial charge on any atom is 0.237 e. The predicted octanol–water partition coefficient (Wildman–Crippen LogP) is 1.64. The van der Waals surface area contributed by atoms with Crippen molar-refractivity contribution in [3.8, 4) is 0 Å². The topological polar surface area (TPSA) is 58.4 Å². The minimum absolute atomic E-state index is 0.135. The number of piperidine rings is 1. The molecule has 0 bridgehead atoms. The molecule has 4 heteroatoms. The van der Waals surface area contributed by atoms with E-state index >= 15 is 0 Å². The second kappa shape index (κ2) is 5.30. The molecule has 1 aliphatic heterocycles. The summed E-state index contributed by atoms with van der Waals surface area (Å²) in [6, 6.07) is 1.73. The van der Waals surface area contributed by atoms with Gasteiger partial charge in [-0.2, -0.15) is 0 Å². The van der Waals surface area contributed by atoms with Gasteiger partial charge in [0, 0.05) is 24.7 Å². The number of rotatable bonds is 4. The van der Waals surface area contributed by atoms with Crippen LogP contribution >= 0.6 is 0 Å². The van der Waals surface area contributed by atoms with E-state index in [4.69, 9.17) is 5.73 Å². The minimum Gasteiger partial charge on any atom is -0.368 e. The van der Waals surface area contributed by atoms with Crippen LogP contribution in [0.3, 0.4) is 0 Å². The number of nitrogens with one attached hydrogen (secondary N) is 1. The van der Waals surface area contributed by atoms with Crippen LogP contribution in [0.2, 0.25) is 0 Å². The summed E-state index contributed by atoms with van der Waals surface area (Å²) in [4.78, 5) is 14.6. The monoisotopic (exact) mass is 279 g/mol. The molecular formula is C16H29N3O. The lowest BCUT2D eigenvalue weighted by Crippen LogP contribution is -2.56. The van der Waals surface area contributed by atoms with Crippen molar-refractivity contribution < 1.29 is 4.79 Å². The smallest absolute Gasteiger partial charge is 0.237 e. The highest BCUT2D eigenvalue weighted by atomic mass is 16.1. The van der Waals surface area contributed by atoms with E-state index in [9.17, 15) is 4.79 Å². The summed E-state index contributed by atoms with van der Waals surface area (Å²) < 4.78 is 0. The van der Waals surface area contributed by atoms with E-state index in [2.05, 4.69) is 24.1 Å². The lowest BCUT2D eigenvalue weighted by molar-refractivity contribution is -0.124. The molecule has 0 aromatic rings. The van der Waals surface area contributed by atoms with Crippen LogP contribution in [-0.4, -0.2) is 41.0 Å². The molecule has 2 saturated carbocycles. The number of primary amides is 1. The Bertz CT molecular complexity index is 382. The SMILES string of the molecule is CC1CCC(C)N(C2CCC(NC3CC3)(C(N)=O)C2)C1. The number of hydrogen-bond donors (Lipinski definition) is 2. The van der Waals surface area contributed by atoms with Crippen molar-refractivity contribution >= 4 is 5.91 Å². The fourth-order valence-electron chi connectivity index (χ4n) is 4.18. The third kappa shape index (κ3) is 2.73. The fraction of sp³-hybridized carbons (Fsp3) is 0.938. The van der Waals surface area contributed by atoms with Gasteiger partial charge in [0.2, 0.25) is 5.91 Å². The number of amides is 1. The number of carbonyl (C=O) groups excluding carboxylic acids is 1. The van der Waals surface area contributed by atoms with Crippen LogP contribution in [-0.2, 0) is 4.79 Å². The normalized spacial score (nSPS) is 42.8. The molecule has 0 aromatic heterocycles. The van der Waals surface area contributed by atoms with Gasteiger partial charge >= 0.3 is 0 Å². The number of nitrogens with two attached hydrogens (primary N) is 1. The van der Waals surface area contributed by atoms with Crippen LogP contribution in [0.25, 0.3) is 0 Å². The highest BCUT2D eigenvalue weighted by Gasteiger charge is 2.48. The van der Waals surface area contributed by atoms with Crippen molar-refractivity contribution in [2.24, 2.45) is 11.7 Å². The highest BCUT2D eigenvalue weighted by molar-refractivity contribution is 5.85. The first-order valence-electron chi connectivity index (χ1n) is 8.33. The summed E-state index contributed by atoms with van der Waals surface area (Å²) in [5.41, 5.74) is 5.32. The molecule has 4 nitrogen and oxygen atoms in total. The summed E-state index contributed by atoms with van der Waals surface area (Å²) in [7, 11) is 0. The van der Waals surface area contributed by atoms with Gasteiger partial charge in [-0.05, 0) is 57.8 Å². The van der Waals surface area contributed by atoms with E-state index in [1.54, 1.807) is 0 Å². The van der Waals surface area contributed by atoms with Crippen molar-refractivity contribution in [3.05, 3.63) is 0 Å². The summed E-state index contributed by atoms with van der Waals surface area (Å²) in [5, 5.41) is 3.56. The standard InChI is InChI=1S/C16H29N3O/c1-11-3-4-12(2)19(10-11)14-7-8-16(9-14,15(17)20)18-13-5-6-13/h11-14,18H,3-10H2,1-2H3,(H2,17,20). The van der Waals surface area contributed by atoms with Gasteiger partial charge in [-0.15, -0.1) is 0 Å². The van der Waals surface area contributed by atoms with Crippen LogP contribution in [0.1, 0.15) is 58.8 Å². The predicted molar refractivity (Wildman–Crippen MR) is 80.3 cm³/mol. The molecule has 20 heavy (non-hydrogen) atoms. The van der Waals surface area contributed by atoms with Crippen LogP contribution in [0.15, 0.2) is 0 Å². The Kier molecular flexibility index (Phi) is 3.80. The molecule has 1 heterocycles. The van der Waals surface area contributed by atoms with Crippen LogP contribution in [0.4, 0.5) is 0 Å². The van der Waals surface area contributed by atoms with E-state index in [1.807, 2.05) is 0 Å². The molecule has 0 aromatic carbocycles. The largest absolute Gasteiger partial charge is 0.368 e. The van der Waals surface area contributed by atoms with Crippen molar-refractivity contribution in [3.63, 3.8) is 0 Å². The first kappa shape index (κ1) is 14.3. The number of nitrogens with zero attached hydrogens (tertiary/aromatic N) is 1. The highest BCUT2D eigenvalue weighted by Crippen LogP contribution is 2.38. The lowest BCUT2D eigenvalue weighted by atomic mass is 9.91. The van der Waals surface area contributed by atoms with E-state index < -0.39 is 5.54 Å². The summed E-state index contributed by atoms with van der Waals surface area (Å²) in [6.45, 7) is 5.87. The van der Waals surface area contributed by atoms with Gasteiger partial charge in [0.25, 0.3) is 0 Å². The van der Waals surface area contributed by atoms with E-state index in [1.165, 1.54) is 32.2 Å². The molecule has 4 atom stereocenters. The van der Waals surface area contributed by atoms with Crippen molar-refractivity contribution in [1.29, 1.82) is 0 Å². The van der Waals surface area contributed by atoms with Gasteiger partial charge in [-0.1, -0.05) is 6.92 Å². The van der Waals surface area contributed by atoms with Gasteiger partial charge in [0.15, 0.2) is 0 Å². The molecule has 3 aliphatic rings. The molecule has 3 N–H and O–H groups in total. The van der Waals surface area contributed by atoms with Crippen LogP contribution in [0, 0.1) is 5.92 Å². The summed E-state index contributed by atoms with van der Waals surface area (Å²) in [5.74, 6) is 0.649. The second-order valence-electron chi connectivity index (χ2n) is 7.49. The van der Waals surface area contributed by atoms with E-state index in [0.29, 0.717) is 18.1 Å². The zero-order chi connectivity index (χ0) is 14.3. The summed E-state index contributed by atoms with van der Waals surface area (Å²) >= 11 is 0. The molecule has 1 amide bonds. The molecular weight excluding hydrogens is 250 g/mol. The molecule has 0 radical (unpaired) electrons. The van der Waals surface area contributed by atoms with E-state index in [-0.39, 0.29) is 5.91 Å². The molecule has 2 aliphatic carbocycles. The second-order valence-corrected chi connectivity index (χ2v) is 7.49. The minimum atomic E-state index is -0.424. The number of likely N-dealkylation sites (tertiary alicyclic amines) is 1. The number of hydrogen-bond acceptors (Lipinski definition) is 3. The third-order valence-electron chi connectivity index (χ3n) is 5.65. The van der Waals surface area contributed by atoms with Crippen LogP contribution < -0.4 is 11.1 Å².